The van der Waals surface area contributed by atoms with E-state index in [0.717, 1.165) is 5.82 Å². The van der Waals surface area contributed by atoms with Crippen molar-refractivity contribution in [2.45, 2.75) is 13.3 Å². The molecule has 1 atom stereocenters. The molecule has 0 aliphatic heterocycles. The number of nitrogens with one attached hydrogen (secondary N) is 2. The molecule has 1 rings (SSSR count). The van der Waals surface area contributed by atoms with Gasteiger partial charge in [0, 0.05) is 39.0 Å². The summed E-state index contributed by atoms with van der Waals surface area (Å²) in [6.45, 7) is 2.20. The molecule has 3 N–H and O–H groups in total. The van der Waals surface area contributed by atoms with Crippen LogP contribution < -0.4 is 5.32 Å². The molecule has 1 unspecified atom stereocenters. The van der Waals surface area contributed by atoms with Crippen LogP contribution >= 0.6 is 0 Å². The van der Waals surface area contributed by atoms with E-state index in [2.05, 4.69) is 15.3 Å². The normalized spacial score (nSPS) is 11.9. The third-order valence-electron chi connectivity index (χ3n) is 2.51. The van der Waals surface area contributed by atoms with Gasteiger partial charge < -0.3 is 20.3 Å². The molecule has 0 aliphatic carbocycles. The van der Waals surface area contributed by atoms with E-state index in [4.69, 9.17) is 5.11 Å². The molecule has 7 heteroatoms. The van der Waals surface area contributed by atoms with Crippen LogP contribution in [0.25, 0.3) is 0 Å². The van der Waals surface area contributed by atoms with Gasteiger partial charge in [0.1, 0.15) is 5.82 Å². The van der Waals surface area contributed by atoms with Gasteiger partial charge in [0.05, 0.1) is 5.92 Å². The van der Waals surface area contributed by atoms with Gasteiger partial charge in [0.25, 0.3) is 0 Å². The fourth-order valence-electron chi connectivity index (χ4n) is 1.43. The summed E-state index contributed by atoms with van der Waals surface area (Å²) in [6.07, 6.45) is 3.98. The smallest absolute Gasteiger partial charge is 0.317 e. The number of rotatable bonds is 6. The molecule has 0 aliphatic rings. The Labute approximate surface area is 105 Å². The number of imidazole rings is 1. The first-order chi connectivity index (χ1) is 8.50. The largest absolute Gasteiger partial charge is 0.481 e. The highest BCUT2D eigenvalue weighted by molar-refractivity contribution is 5.75. The maximum absolute atomic E-state index is 11.6. The quantitative estimate of drug-likeness (QED) is 0.680. The molecule has 0 fully saturated rings. The first kappa shape index (κ1) is 14.0. The fraction of sp³-hybridized carbons (Fsp3) is 0.545. The summed E-state index contributed by atoms with van der Waals surface area (Å²) in [5.74, 6) is -0.687. The van der Waals surface area contributed by atoms with Crippen LogP contribution in [0.4, 0.5) is 4.79 Å². The van der Waals surface area contributed by atoms with E-state index >= 15 is 0 Å². The minimum Gasteiger partial charge on any atom is -0.481 e. The van der Waals surface area contributed by atoms with Crippen molar-refractivity contribution in [3.63, 3.8) is 0 Å². The van der Waals surface area contributed by atoms with E-state index in [1.165, 1.54) is 4.90 Å². The zero-order valence-corrected chi connectivity index (χ0v) is 10.5. The van der Waals surface area contributed by atoms with Crippen LogP contribution in [0.15, 0.2) is 12.4 Å². The maximum Gasteiger partial charge on any atom is 0.317 e. The number of urea groups is 1. The summed E-state index contributed by atoms with van der Waals surface area (Å²) >= 11 is 0. The van der Waals surface area contributed by atoms with E-state index in [-0.39, 0.29) is 12.6 Å². The molecule has 0 saturated heterocycles. The molecule has 0 saturated carbocycles. The van der Waals surface area contributed by atoms with Gasteiger partial charge in [-0.05, 0) is 0 Å². The van der Waals surface area contributed by atoms with Crippen molar-refractivity contribution in [2.24, 2.45) is 5.92 Å². The maximum atomic E-state index is 11.6. The van der Waals surface area contributed by atoms with Crippen LogP contribution in [0, 0.1) is 5.92 Å². The van der Waals surface area contributed by atoms with Gasteiger partial charge in [-0.2, -0.15) is 0 Å². The number of carboxylic acids is 1. The molecule has 1 aromatic rings. The average molecular weight is 254 g/mol. The van der Waals surface area contributed by atoms with Crippen molar-refractivity contribution >= 4 is 12.0 Å². The van der Waals surface area contributed by atoms with Crippen LogP contribution in [0.5, 0.6) is 0 Å². The van der Waals surface area contributed by atoms with Crippen molar-refractivity contribution in [1.29, 1.82) is 0 Å². The highest BCUT2D eigenvalue weighted by Crippen LogP contribution is 1.98. The lowest BCUT2D eigenvalue weighted by Gasteiger charge is -2.19. The zero-order valence-electron chi connectivity index (χ0n) is 10.5. The lowest BCUT2D eigenvalue weighted by molar-refractivity contribution is -0.141. The van der Waals surface area contributed by atoms with Crippen LogP contribution in [-0.4, -0.2) is 52.1 Å². The molecular weight excluding hydrogens is 236 g/mol. The van der Waals surface area contributed by atoms with Gasteiger partial charge >= 0.3 is 12.0 Å². The number of aromatic amines is 1. The van der Waals surface area contributed by atoms with Crippen LogP contribution in [-0.2, 0) is 11.2 Å². The first-order valence-electron chi connectivity index (χ1n) is 5.70. The Morgan fingerprint density at radius 1 is 1.61 bits per heavy atom. The Kier molecular flexibility index (Phi) is 5.16. The summed E-state index contributed by atoms with van der Waals surface area (Å²) in [4.78, 5) is 30.6. The van der Waals surface area contributed by atoms with Gasteiger partial charge in [-0.1, -0.05) is 6.92 Å². The Morgan fingerprint density at radius 3 is 2.89 bits per heavy atom. The number of aromatic nitrogens is 2. The van der Waals surface area contributed by atoms with E-state index in [1.54, 1.807) is 26.4 Å². The number of hydrogen-bond acceptors (Lipinski definition) is 3. The van der Waals surface area contributed by atoms with Crippen molar-refractivity contribution in [2.75, 3.05) is 20.1 Å². The lowest BCUT2D eigenvalue weighted by atomic mass is 10.2. The van der Waals surface area contributed by atoms with Gasteiger partial charge in [-0.15, -0.1) is 0 Å². The van der Waals surface area contributed by atoms with E-state index in [0.29, 0.717) is 13.0 Å². The third-order valence-corrected chi connectivity index (χ3v) is 2.51. The molecule has 1 heterocycles. The summed E-state index contributed by atoms with van der Waals surface area (Å²) in [5, 5.41) is 11.4. The first-order valence-corrected chi connectivity index (χ1v) is 5.70. The number of carbonyl (C=O) groups is 2. The molecule has 1 aromatic heterocycles. The predicted octanol–water partition coefficient (Wildman–Crippen LogP) is 0.314. The fourth-order valence-corrected chi connectivity index (χ4v) is 1.43. The predicted molar refractivity (Wildman–Crippen MR) is 65.1 cm³/mol. The summed E-state index contributed by atoms with van der Waals surface area (Å²) in [7, 11) is 1.57. The van der Waals surface area contributed by atoms with Crippen LogP contribution in [0.2, 0.25) is 0 Å². The molecule has 18 heavy (non-hydrogen) atoms. The second-order valence-corrected chi connectivity index (χ2v) is 4.14. The average Bonchev–Trinajstić information content (AvgIpc) is 2.81. The molecule has 0 spiro atoms. The zero-order chi connectivity index (χ0) is 13.5. The SMILES string of the molecule is CC(CN(C)C(=O)NCCc1ncc[nH]1)C(=O)O. The highest BCUT2D eigenvalue weighted by atomic mass is 16.4. The standard InChI is InChI=1S/C11H18N4O3/c1-8(10(16)17)7-15(2)11(18)14-4-3-9-12-5-6-13-9/h5-6,8H,3-4,7H2,1-2H3,(H,12,13)(H,14,18)(H,16,17). The molecular formula is C11H18N4O3. The van der Waals surface area contributed by atoms with Crippen molar-refractivity contribution in [3.05, 3.63) is 18.2 Å². The summed E-state index contributed by atoms with van der Waals surface area (Å²) in [5.41, 5.74) is 0. The molecule has 0 bridgehead atoms. The molecule has 2 amide bonds. The van der Waals surface area contributed by atoms with Gasteiger partial charge in [0.2, 0.25) is 0 Å². The topological polar surface area (TPSA) is 98.3 Å². The number of H-pyrrole nitrogens is 1. The van der Waals surface area contributed by atoms with E-state index in [1.807, 2.05) is 0 Å². The second kappa shape index (κ2) is 6.63. The minimum atomic E-state index is -0.912. The lowest BCUT2D eigenvalue weighted by Crippen LogP contribution is -2.41. The van der Waals surface area contributed by atoms with Gasteiger partial charge in [0.15, 0.2) is 0 Å². The molecule has 0 radical (unpaired) electrons. The monoisotopic (exact) mass is 254 g/mol. The number of carbonyl (C=O) groups excluding carboxylic acids is 1. The van der Waals surface area contributed by atoms with Crippen LogP contribution in [0.1, 0.15) is 12.7 Å². The van der Waals surface area contributed by atoms with Crippen LogP contribution in [0.3, 0.4) is 0 Å². The van der Waals surface area contributed by atoms with E-state index < -0.39 is 11.9 Å². The Balaban J connectivity index is 2.25. The molecule has 0 aromatic carbocycles. The summed E-state index contributed by atoms with van der Waals surface area (Å²) < 4.78 is 0. The Morgan fingerprint density at radius 2 is 2.33 bits per heavy atom. The number of hydrogen-bond donors (Lipinski definition) is 3. The number of nitrogens with zero attached hydrogens (tertiary/aromatic N) is 2. The molecule has 7 nitrogen and oxygen atoms in total. The molecule has 100 valence electrons. The number of amides is 2. The number of aliphatic carboxylic acids is 1. The van der Waals surface area contributed by atoms with E-state index in [9.17, 15) is 9.59 Å². The Bertz CT molecular complexity index is 391. The van der Waals surface area contributed by atoms with Crippen molar-refractivity contribution in [1.82, 2.24) is 20.2 Å². The third kappa shape index (κ3) is 4.44. The number of carboxylic acid groups (broad SMARTS) is 1. The van der Waals surface area contributed by atoms with Gasteiger partial charge in [-0.3, -0.25) is 4.79 Å². The highest BCUT2D eigenvalue weighted by Gasteiger charge is 2.16. The summed E-state index contributed by atoms with van der Waals surface area (Å²) in [6, 6.07) is -0.283. The second-order valence-electron chi connectivity index (χ2n) is 4.14. The minimum absolute atomic E-state index is 0.182. The Hall–Kier alpha value is -2.05. The van der Waals surface area contributed by atoms with Crippen molar-refractivity contribution < 1.29 is 14.7 Å². The van der Waals surface area contributed by atoms with Crippen molar-refractivity contribution in [3.8, 4) is 0 Å². The van der Waals surface area contributed by atoms with Gasteiger partial charge in [-0.25, -0.2) is 9.78 Å².